The number of esters is 1. The molecule has 0 aliphatic rings. The smallest absolute Gasteiger partial charge is 0.342 e. The molecule has 118 valence electrons. The Balaban J connectivity index is 3.07. The lowest BCUT2D eigenvalue weighted by molar-refractivity contribution is 0.0296. The number of benzene rings is 1. The topological polar surface area (TPSA) is 95.7 Å². The van der Waals surface area contributed by atoms with Crippen molar-refractivity contribution in [3.8, 4) is 5.75 Å². The van der Waals surface area contributed by atoms with Gasteiger partial charge in [0, 0.05) is 0 Å². The zero-order chi connectivity index (χ0) is 16.2. The average Bonchev–Trinajstić information content (AvgIpc) is 2.35. The number of hydrogen-bond donors (Lipinski definition) is 1. The van der Waals surface area contributed by atoms with Gasteiger partial charge in [0.25, 0.3) is 0 Å². The first-order valence-corrected chi connectivity index (χ1v) is 8.11. The maximum atomic E-state index is 12.2. The van der Waals surface area contributed by atoms with Crippen molar-refractivity contribution in [2.75, 3.05) is 7.11 Å². The molecule has 0 bridgehead atoms. The summed E-state index contributed by atoms with van der Waals surface area (Å²) in [7, 11) is -2.51. The summed E-state index contributed by atoms with van der Waals surface area (Å²) in [5.41, 5.74) is 0.0413. The van der Waals surface area contributed by atoms with Crippen molar-refractivity contribution in [2.45, 2.75) is 38.2 Å². The van der Waals surface area contributed by atoms with Crippen LogP contribution in [0.2, 0.25) is 0 Å². The van der Waals surface area contributed by atoms with Gasteiger partial charge >= 0.3 is 5.97 Å². The molecule has 0 radical (unpaired) electrons. The van der Waals surface area contributed by atoms with E-state index in [-0.39, 0.29) is 22.3 Å². The second-order valence-electron chi connectivity index (χ2n) is 5.25. The second-order valence-corrected chi connectivity index (χ2v) is 6.81. The van der Waals surface area contributed by atoms with Crippen molar-refractivity contribution in [2.24, 2.45) is 11.1 Å². The van der Waals surface area contributed by atoms with Crippen molar-refractivity contribution in [3.05, 3.63) is 23.8 Å². The Kier molecular flexibility index (Phi) is 5.74. The molecule has 0 heterocycles. The number of methoxy groups -OCH3 is 1. The SMILES string of the molecule is COc1ccc(S(N)(=O)=O)cc1C(=O)OC(C)CC(C)C. The number of carbonyl (C=O) groups is 1. The average molecular weight is 315 g/mol. The molecule has 1 aromatic carbocycles. The molecular formula is C14H21NO5S. The number of primary sulfonamides is 1. The summed E-state index contributed by atoms with van der Waals surface area (Å²) < 4.78 is 33.1. The molecule has 21 heavy (non-hydrogen) atoms. The van der Waals surface area contributed by atoms with Crippen molar-refractivity contribution < 1.29 is 22.7 Å². The van der Waals surface area contributed by atoms with Crippen molar-refractivity contribution >= 4 is 16.0 Å². The van der Waals surface area contributed by atoms with Crippen LogP contribution in [0, 0.1) is 5.92 Å². The minimum Gasteiger partial charge on any atom is -0.496 e. The van der Waals surface area contributed by atoms with Crippen LogP contribution in [0.15, 0.2) is 23.1 Å². The first-order chi connectivity index (χ1) is 9.65. The summed E-state index contributed by atoms with van der Waals surface area (Å²) in [5.74, 6) is -0.0138. The molecule has 0 aliphatic carbocycles. The molecule has 0 spiro atoms. The molecule has 1 rings (SSSR count). The highest BCUT2D eigenvalue weighted by molar-refractivity contribution is 7.89. The van der Waals surface area contributed by atoms with Gasteiger partial charge in [-0.05, 0) is 37.5 Å². The summed E-state index contributed by atoms with van der Waals surface area (Å²) in [6.45, 7) is 5.83. The summed E-state index contributed by atoms with van der Waals surface area (Å²) in [6, 6.07) is 3.82. The minimum absolute atomic E-state index is 0.0413. The van der Waals surface area contributed by atoms with Crippen molar-refractivity contribution in [3.63, 3.8) is 0 Å². The van der Waals surface area contributed by atoms with E-state index >= 15 is 0 Å². The normalized spacial score (nSPS) is 13.0. The molecule has 2 N–H and O–H groups in total. The Morgan fingerprint density at radius 1 is 1.29 bits per heavy atom. The second kappa shape index (κ2) is 6.91. The predicted molar refractivity (Wildman–Crippen MR) is 78.7 cm³/mol. The minimum atomic E-state index is -3.89. The number of ether oxygens (including phenoxy) is 2. The van der Waals surface area contributed by atoms with E-state index in [4.69, 9.17) is 14.6 Å². The fourth-order valence-electron chi connectivity index (χ4n) is 1.98. The van der Waals surface area contributed by atoms with E-state index in [0.717, 1.165) is 0 Å². The Bertz CT molecular complexity index is 610. The maximum Gasteiger partial charge on any atom is 0.342 e. The monoisotopic (exact) mass is 315 g/mol. The summed E-state index contributed by atoms with van der Waals surface area (Å²) >= 11 is 0. The van der Waals surface area contributed by atoms with E-state index in [2.05, 4.69) is 0 Å². The molecule has 0 aromatic heterocycles. The molecule has 6 nitrogen and oxygen atoms in total. The predicted octanol–water partition coefficient (Wildman–Crippen LogP) is 1.93. The standard InChI is InChI=1S/C14H21NO5S/c1-9(2)7-10(3)20-14(16)12-8-11(21(15,17)18)5-6-13(12)19-4/h5-6,8-10H,7H2,1-4H3,(H2,15,17,18). The number of rotatable bonds is 6. The van der Waals surface area contributed by atoms with Crippen LogP contribution in [-0.4, -0.2) is 27.6 Å². The van der Waals surface area contributed by atoms with Gasteiger partial charge in [0.1, 0.15) is 11.3 Å². The van der Waals surface area contributed by atoms with Gasteiger partial charge < -0.3 is 9.47 Å². The number of hydrogen-bond acceptors (Lipinski definition) is 5. The van der Waals surface area contributed by atoms with Gasteiger partial charge in [-0.1, -0.05) is 13.8 Å². The lowest BCUT2D eigenvalue weighted by atomic mass is 10.1. The van der Waals surface area contributed by atoms with E-state index in [1.54, 1.807) is 6.92 Å². The first-order valence-electron chi connectivity index (χ1n) is 6.57. The van der Waals surface area contributed by atoms with Crippen LogP contribution in [0.4, 0.5) is 0 Å². The van der Waals surface area contributed by atoms with Crippen LogP contribution < -0.4 is 9.88 Å². The molecule has 0 saturated heterocycles. The van der Waals surface area contributed by atoms with Crippen LogP contribution in [0.1, 0.15) is 37.6 Å². The Morgan fingerprint density at radius 3 is 2.38 bits per heavy atom. The van der Waals surface area contributed by atoms with E-state index in [0.29, 0.717) is 12.3 Å². The van der Waals surface area contributed by atoms with Crippen LogP contribution in [-0.2, 0) is 14.8 Å². The quantitative estimate of drug-likeness (QED) is 0.809. The van der Waals surface area contributed by atoms with Crippen LogP contribution in [0.25, 0.3) is 0 Å². The largest absolute Gasteiger partial charge is 0.496 e. The summed E-state index contributed by atoms with van der Waals surface area (Å²) in [5, 5.41) is 5.06. The van der Waals surface area contributed by atoms with E-state index in [1.165, 1.54) is 25.3 Å². The van der Waals surface area contributed by atoms with E-state index in [9.17, 15) is 13.2 Å². The van der Waals surface area contributed by atoms with Gasteiger partial charge in [0.15, 0.2) is 0 Å². The highest BCUT2D eigenvalue weighted by Crippen LogP contribution is 2.23. The van der Waals surface area contributed by atoms with Gasteiger partial charge in [-0.15, -0.1) is 0 Å². The lowest BCUT2D eigenvalue weighted by Gasteiger charge is -2.16. The summed E-state index contributed by atoms with van der Waals surface area (Å²) in [6.07, 6.45) is 0.434. The third-order valence-electron chi connectivity index (χ3n) is 2.83. The van der Waals surface area contributed by atoms with Gasteiger partial charge in [-0.3, -0.25) is 0 Å². The van der Waals surface area contributed by atoms with Gasteiger partial charge in [0.2, 0.25) is 10.0 Å². The number of nitrogens with two attached hydrogens (primary N) is 1. The molecule has 1 aromatic rings. The summed E-state index contributed by atoms with van der Waals surface area (Å²) in [4.78, 5) is 12.0. The zero-order valence-electron chi connectivity index (χ0n) is 12.6. The van der Waals surface area contributed by atoms with Crippen LogP contribution in [0.5, 0.6) is 5.75 Å². The zero-order valence-corrected chi connectivity index (χ0v) is 13.4. The molecule has 1 atom stereocenters. The van der Waals surface area contributed by atoms with Gasteiger partial charge in [-0.25, -0.2) is 18.4 Å². The molecule has 0 aliphatic heterocycles. The van der Waals surface area contributed by atoms with E-state index < -0.39 is 16.0 Å². The molecule has 0 saturated carbocycles. The van der Waals surface area contributed by atoms with Gasteiger partial charge in [-0.2, -0.15) is 0 Å². The highest BCUT2D eigenvalue weighted by Gasteiger charge is 2.20. The Morgan fingerprint density at radius 2 is 1.90 bits per heavy atom. The molecule has 1 unspecified atom stereocenters. The van der Waals surface area contributed by atoms with Crippen molar-refractivity contribution in [1.29, 1.82) is 0 Å². The Labute approximate surface area is 125 Å². The number of sulfonamides is 1. The lowest BCUT2D eigenvalue weighted by Crippen LogP contribution is -2.19. The molecule has 7 heteroatoms. The molecular weight excluding hydrogens is 294 g/mol. The van der Waals surface area contributed by atoms with Crippen LogP contribution >= 0.6 is 0 Å². The van der Waals surface area contributed by atoms with Crippen molar-refractivity contribution in [1.82, 2.24) is 0 Å². The fraction of sp³-hybridized carbons (Fsp3) is 0.500. The number of carbonyl (C=O) groups excluding carboxylic acids is 1. The van der Waals surface area contributed by atoms with Gasteiger partial charge in [0.05, 0.1) is 18.1 Å². The first kappa shape index (κ1) is 17.5. The fourth-order valence-corrected chi connectivity index (χ4v) is 2.52. The van der Waals surface area contributed by atoms with E-state index in [1.807, 2.05) is 13.8 Å². The molecule has 0 amide bonds. The maximum absolute atomic E-state index is 12.2. The molecule has 0 fully saturated rings. The third-order valence-corrected chi connectivity index (χ3v) is 3.74. The highest BCUT2D eigenvalue weighted by atomic mass is 32.2. The third kappa shape index (κ3) is 5.02. The Hall–Kier alpha value is -1.60. The van der Waals surface area contributed by atoms with Crippen LogP contribution in [0.3, 0.4) is 0 Å².